The molecule has 4 atom stereocenters. The molecule has 1 saturated heterocycles. The fraction of sp³-hybridized carbons (Fsp3) is 0.794. The second-order valence-corrected chi connectivity index (χ2v) is 17.7. The number of hydrogen-bond donors (Lipinski definition) is 4. The Morgan fingerprint density at radius 3 is 2.11 bits per heavy atom. The van der Waals surface area contributed by atoms with Gasteiger partial charge in [-0.1, -0.05) is 87.1 Å². The molecule has 0 radical (unpaired) electrons. The lowest BCUT2D eigenvalue weighted by atomic mass is 9.75. The van der Waals surface area contributed by atoms with Crippen molar-refractivity contribution in [2.45, 2.75) is 130 Å². The summed E-state index contributed by atoms with van der Waals surface area (Å²) in [5, 5.41) is 11.1. The van der Waals surface area contributed by atoms with Gasteiger partial charge in [-0.2, -0.15) is 0 Å². The van der Waals surface area contributed by atoms with E-state index >= 15 is 0 Å². The van der Waals surface area contributed by atoms with E-state index in [9.17, 15) is 32.4 Å². The normalized spacial score (nSPS) is 21.2. The Hall–Kier alpha value is -2.96. The van der Waals surface area contributed by atoms with Crippen LogP contribution in [0.25, 0.3) is 0 Å². The quantitative estimate of drug-likeness (QED) is 0.161. The standard InChI is InChI=1S/C34H59N5O7S/c1-10-16-24(26(40)29(42)35-20-11-2)36-28(41)25-23(32(4,5)6)17-21-39(25)30(43)27(33(7,8)9)37-31(44)38-34(18-14-13-15-19-34)22-47(45,46)12-3/h11,23-25,27H,2,10,12-22H2,1,3-9H3,(H,35,42)(H,36,41)(H2,37,38,44)/t23-,24?,25?,27-/m1/s1. The molecule has 0 aromatic heterocycles. The van der Waals surface area contributed by atoms with E-state index in [1.165, 1.54) is 11.0 Å². The summed E-state index contributed by atoms with van der Waals surface area (Å²) in [5.74, 6) is -3.01. The molecular weight excluding hydrogens is 622 g/mol. The maximum Gasteiger partial charge on any atom is 0.315 e. The lowest BCUT2D eigenvalue weighted by Gasteiger charge is -2.40. The number of nitrogens with one attached hydrogen (secondary N) is 4. The van der Waals surface area contributed by atoms with E-state index in [1.54, 1.807) is 6.92 Å². The first kappa shape index (κ1) is 40.2. The van der Waals surface area contributed by atoms with Gasteiger partial charge in [0.2, 0.25) is 17.6 Å². The number of carbonyl (C=O) groups is 5. The molecule has 0 spiro atoms. The zero-order valence-corrected chi connectivity index (χ0v) is 30.6. The van der Waals surface area contributed by atoms with Crippen LogP contribution < -0.4 is 21.3 Å². The fourth-order valence-electron chi connectivity index (χ4n) is 6.77. The first-order chi connectivity index (χ1) is 21.7. The van der Waals surface area contributed by atoms with Gasteiger partial charge in [0, 0.05) is 18.8 Å². The first-order valence-corrected chi connectivity index (χ1v) is 18.9. The summed E-state index contributed by atoms with van der Waals surface area (Å²) in [5.41, 5.74) is -2.08. The smallest absolute Gasteiger partial charge is 0.315 e. The molecule has 2 unspecified atom stereocenters. The molecule has 268 valence electrons. The van der Waals surface area contributed by atoms with Crippen LogP contribution in [-0.2, 0) is 29.0 Å². The average molecular weight is 682 g/mol. The average Bonchev–Trinajstić information content (AvgIpc) is 3.44. The van der Waals surface area contributed by atoms with E-state index in [0.29, 0.717) is 25.7 Å². The van der Waals surface area contributed by atoms with Crippen molar-refractivity contribution >= 4 is 39.4 Å². The highest BCUT2D eigenvalue weighted by Gasteiger charge is 2.50. The minimum atomic E-state index is -3.39. The van der Waals surface area contributed by atoms with Crippen LogP contribution in [0, 0.1) is 16.7 Å². The fourth-order valence-corrected chi connectivity index (χ4v) is 8.18. The Morgan fingerprint density at radius 1 is 0.979 bits per heavy atom. The molecule has 0 aromatic carbocycles. The van der Waals surface area contributed by atoms with Gasteiger partial charge < -0.3 is 26.2 Å². The molecule has 2 rings (SSSR count). The number of sulfone groups is 1. The summed E-state index contributed by atoms with van der Waals surface area (Å²) in [6.07, 6.45) is 6.35. The molecule has 0 aromatic rings. The van der Waals surface area contributed by atoms with Crippen LogP contribution in [0.4, 0.5) is 4.79 Å². The Morgan fingerprint density at radius 2 is 1.60 bits per heavy atom. The maximum atomic E-state index is 14.4. The van der Waals surface area contributed by atoms with Gasteiger partial charge in [0.25, 0.3) is 5.91 Å². The van der Waals surface area contributed by atoms with Gasteiger partial charge in [-0.25, -0.2) is 13.2 Å². The van der Waals surface area contributed by atoms with Crippen molar-refractivity contribution < 1.29 is 32.4 Å². The van der Waals surface area contributed by atoms with Gasteiger partial charge in [0.05, 0.1) is 17.3 Å². The lowest BCUT2D eigenvalue weighted by molar-refractivity contribution is -0.145. The molecular formula is C34H59N5O7S. The number of ketones is 1. The third kappa shape index (κ3) is 11.0. The minimum Gasteiger partial charge on any atom is -0.346 e. The van der Waals surface area contributed by atoms with Crippen molar-refractivity contribution in [1.29, 1.82) is 0 Å². The highest BCUT2D eigenvalue weighted by Crippen LogP contribution is 2.40. The third-order valence-electron chi connectivity index (χ3n) is 9.42. The highest BCUT2D eigenvalue weighted by molar-refractivity contribution is 7.91. The number of rotatable bonds is 14. The largest absolute Gasteiger partial charge is 0.346 e. The number of Topliss-reactive ketones (excluding diaryl/α,β-unsaturated/α-hetero) is 1. The second-order valence-electron chi connectivity index (χ2n) is 15.4. The number of nitrogens with zero attached hydrogens (tertiary/aromatic N) is 1. The van der Waals surface area contributed by atoms with Crippen LogP contribution in [0.3, 0.4) is 0 Å². The predicted molar refractivity (Wildman–Crippen MR) is 183 cm³/mol. The SMILES string of the molecule is C=CCNC(=O)C(=O)C(CCC)NC(=O)C1[C@H](C(C)(C)C)CCN1C(=O)[C@@H](NC(=O)NC1(CS(=O)(=O)CC)CCCCC1)C(C)(C)C. The topological polar surface area (TPSA) is 171 Å². The van der Waals surface area contributed by atoms with Gasteiger partial charge in [-0.15, -0.1) is 6.58 Å². The van der Waals surface area contributed by atoms with Crippen molar-refractivity contribution in [2.75, 3.05) is 24.6 Å². The number of urea groups is 1. The van der Waals surface area contributed by atoms with Crippen LogP contribution in [0.15, 0.2) is 12.7 Å². The summed E-state index contributed by atoms with van der Waals surface area (Å²) >= 11 is 0. The van der Waals surface area contributed by atoms with Gasteiger partial charge in [0.1, 0.15) is 12.1 Å². The monoisotopic (exact) mass is 681 g/mol. The predicted octanol–water partition coefficient (Wildman–Crippen LogP) is 3.26. The molecule has 13 heteroatoms. The highest BCUT2D eigenvalue weighted by atomic mass is 32.2. The Labute approximate surface area is 281 Å². The molecule has 2 aliphatic rings. The van der Waals surface area contributed by atoms with Gasteiger partial charge in [-0.05, 0) is 42.4 Å². The van der Waals surface area contributed by atoms with Crippen LogP contribution in [0.5, 0.6) is 0 Å². The van der Waals surface area contributed by atoms with E-state index in [-0.39, 0.29) is 42.3 Å². The van der Waals surface area contributed by atoms with Crippen molar-refractivity contribution in [2.24, 2.45) is 16.7 Å². The van der Waals surface area contributed by atoms with Crippen LogP contribution in [0.1, 0.15) is 107 Å². The number of hydrogen-bond acceptors (Lipinski definition) is 7. The summed E-state index contributed by atoms with van der Waals surface area (Å²) in [6, 6.07) is -3.68. The van der Waals surface area contributed by atoms with E-state index < -0.39 is 68.5 Å². The summed E-state index contributed by atoms with van der Waals surface area (Å²) in [7, 11) is -3.39. The van der Waals surface area contributed by atoms with Crippen LogP contribution in [0.2, 0.25) is 0 Å². The number of likely N-dealkylation sites (tertiary alicyclic amines) is 1. The minimum absolute atomic E-state index is 0.0291. The van der Waals surface area contributed by atoms with E-state index in [4.69, 9.17) is 0 Å². The van der Waals surface area contributed by atoms with Gasteiger partial charge in [-0.3, -0.25) is 19.2 Å². The molecule has 1 heterocycles. The second kappa shape index (κ2) is 16.4. The van der Waals surface area contributed by atoms with Crippen molar-refractivity contribution in [3.05, 3.63) is 12.7 Å². The number of carbonyl (C=O) groups excluding carboxylic acids is 5. The molecule has 47 heavy (non-hydrogen) atoms. The summed E-state index contributed by atoms with van der Waals surface area (Å²) in [6.45, 7) is 18.8. The Bertz CT molecular complexity index is 1260. The van der Waals surface area contributed by atoms with E-state index in [0.717, 1.165) is 19.3 Å². The Balaban J connectivity index is 2.39. The van der Waals surface area contributed by atoms with E-state index in [1.807, 2.05) is 48.5 Å². The number of amides is 5. The zero-order valence-electron chi connectivity index (χ0n) is 29.8. The molecule has 4 N–H and O–H groups in total. The summed E-state index contributed by atoms with van der Waals surface area (Å²) in [4.78, 5) is 69.0. The molecule has 2 fully saturated rings. The zero-order chi connectivity index (χ0) is 35.8. The lowest BCUT2D eigenvalue weighted by Crippen LogP contribution is -2.63. The molecule has 12 nitrogen and oxygen atoms in total. The molecule has 1 aliphatic carbocycles. The molecule has 1 saturated carbocycles. The van der Waals surface area contributed by atoms with Crippen molar-refractivity contribution in [1.82, 2.24) is 26.2 Å². The van der Waals surface area contributed by atoms with Gasteiger partial charge in [0.15, 0.2) is 9.84 Å². The van der Waals surface area contributed by atoms with Crippen molar-refractivity contribution in [3.8, 4) is 0 Å². The summed E-state index contributed by atoms with van der Waals surface area (Å²) < 4.78 is 25.3. The Kier molecular flexibility index (Phi) is 14.1. The third-order valence-corrected chi connectivity index (χ3v) is 11.3. The maximum absolute atomic E-state index is 14.4. The van der Waals surface area contributed by atoms with Gasteiger partial charge >= 0.3 is 6.03 Å². The molecule has 1 aliphatic heterocycles. The molecule has 0 bridgehead atoms. The van der Waals surface area contributed by atoms with Crippen molar-refractivity contribution in [3.63, 3.8) is 0 Å². The van der Waals surface area contributed by atoms with Crippen LogP contribution in [-0.4, -0.2) is 91.1 Å². The van der Waals surface area contributed by atoms with E-state index in [2.05, 4.69) is 27.8 Å². The first-order valence-electron chi connectivity index (χ1n) is 17.0. The van der Waals surface area contributed by atoms with Crippen LogP contribution >= 0.6 is 0 Å². The molecule has 5 amide bonds.